The summed E-state index contributed by atoms with van der Waals surface area (Å²) in [4.78, 5) is 17.3. The highest BCUT2D eigenvalue weighted by molar-refractivity contribution is 6.14. The van der Waals surface area contributed by atoms with Crippen molar-refractivity contribution < 1.29 is 36.9 Å². The number of benzene rings is 1. The van der Waals surface area contributed by atoms with Gasteiger partial charge < -0.3 is 18.9 Å². The molecule has 0 fully saturated rings. The number of ketones is 1. The van der Waals surface area contributed by atoms with E-state index < -0.39 is 29.0 Å². The molecule has 2 rings (SSSR count). The standard InChI is InChI=1S/C20H22F3NO5/c1-7-11-9-24-19(29-6)14(15(11)20(21,22)23)16(25)13-10(2)8-12(26-3)17(27-4)18(13)28-5/h8-9H,7H2,1-6H3. The summed E-state index contributed by atoms with van der Waals surface area (Å²) < 4.78 is 62.6. The summed E-state index contributed by atoms with van der Waals surface area (Å²) in [6.45, 7) is 3.11. The van der Waals surface area contributed by atoms with Crippen molar-refractivity contribution >= 4 is 5.78 Å². The first-order valence-electron chi connectivity index (χ1n) is 8.63. The fourth-order valence-corrected chi connectivity index (χ4v) is 3.18. The zero-order valence-corrected chi connectivity index (χ0v) is 17.0. The topological polar surface area (TPSA) is 66.9 Å². The molecule has 0 N–H and O–H groups in total. The summed E-state index contributed by atoms with van der Waals surface area (Å²) in [7, 11) is 5.18. The maximum Gasteiger partial charge on any atom is 0.417 e. The molecule has 9 heteroatoms. The van der Waals surface area contributed by atoms with Crippen LogP contribution in [0.1, 0.15) is 39.5 Å². The minimum atomic E-state index is -4.79. The Morgan fingerprint density at radius 3 is 2.07 bits per heavy atom. The summed E-state index contributed by atoms with van der Waals surface area (Å²) in [5.41, 5.74) is -1.61. The molecule has 0 atom stereocenters. The average Bonchev–Trinajstić information content (AvgIpc) is 2.70. The van der Waals surface area contributed by atoms with Gasteiger partial charge in [0, 0.05) is 6.20 Å². The third-order valence-electron chi connectivity index (χ3n) is 4.46. The van der Waals surface area contributed by atoms with Crippen LogP contribution >= 0.6 is 0 Å². The second-order valence-corrected chi connectivity index (χ2v) is 6.06. The number of aryl methyl sites for hydroxylation is 2. The van der Waals surface area contributed by atoms with Gasteiger partial charge in [0.05, 0.1) is 45.1 Å². The predicted octanol–water partition coefficient (Wildman–Crippen LogP) is 4.24. The molecule has 0 spiro atoms. The number of methoxy groups -OCH3 is 4. The van der Waals surface area contributed by atoms with Crippen molar-refractivity contribution in [3.63, 3.8) is 0 Å². The fraction of sp³-hybridized carbons (Fsp3) is 0.400. The van der Waals surface area contributed by atoms with Crippen LogP contribution in [0.4, 0.5) is 13.2 Å². The maximum atomic E-state index is 13.9. The average molecular weight is 413 g/mol. The Morgan fingerprint density at radius 2 is 1.62 bits per heavy atom. The molecule has 1 aromatic heterocycles. The fourth-order valence-electron chi connectivity index (χ4n) is 3.18. The van der Waals surface area contributed by atoms with Gasteiger partial charge in [0.15, 0.2) is 11.5 Å². The minimum absolute atomic E-state index is 0.0357. The number of halogens is 3. The molecule has 0 radical (unpaired) electrons. The van der Waals surface area contributed by atoms with Crippen molar-refractivity contribution in [1.29, 1.82) is 0 Å². The van der Waals surface area contributed by atoms with Crippen molar-refractivity contribution in [1.82, 2.24) is 4.98 Å². The Bertz CT molecular complexity index is 926. The molecule has 6 nitrogen and oxygen atoms in total. The van der Waals surface area contributed by atoms with Crippen LogP contribution in [0.15, 0.2) is 12.3 Å². The van der Waals surface area contributed by atoms with Gasteiger partial charge in [-0.1, -0.05) is 6.92 Å². The van der Waals surface area contributed by atoms with Crippen molar-refractivity contribution in [2.45, 2.75) is 26.4 Å². The smallest absolute Gasteiger partial charge is 0.417 e. The first-order chi connectivity index (χ1) is 13.7. The second kappa shape index (κ2) is 8.59. The summed E-state index contributed by atoms with van der Waals surface area (Å²) in [5.74, 6) is -1.02. The van der Waals surface area contributed by atoms with E-state index in [0.717, 1.165) is 13.3 Å². The molecule has 1 aromatic carbocycles. The normalized spacial score (nSPS) is 11.2. The number of aromatic nitrogens is 1. The number of nitrogens with zero attached hydrogens (tertiary/aromatic N) is 1. The third-order valence-corrected chi connectivity index (χ3v) is 4.46. The summed E-state index contributed by atoms with van der Waals surface area (Å²) in [5, 5.41) is 0. The van der Waals surface area contributed by atoms with E-state index >= 15 is 0 Å². The Kier molecular flexibility index (Phi) is 6.61. The number of pyridine rings is 1. The maximum absolute atomic E-state index is 13.9. The van der Waals surface area contributed by atoms with E-state index in [1.165, 1.54) is 27.4 Å². The van der Waals surface area contributed by atoms with Crippen LogP contribution in [-0.2, 0) is 12.6 Å². The molecule has 0 aliphatic rings. The molecule has 1 heterocycles. The lowest BCUT2D eigenvalue weighted by atomic mass is 9.92. The second-order valence-electron chi connectivity index (χ2n) is 6.06. The zero-order chi connectivity index (χ0) is 21.9. The zero-order valence-electron chi connectivity index (χ0n) is 17.0. The van der Waals surface area contributed by atoms with Crippen molar-refractivity contribution in [3.05, 3.63) is 40.1 Å². The molecule has 0 amide bonds. The highest BCUT2D eigenvalue weighted by atomic mass is 19.4. The van der Waals surface area contributed by atoms with Crippen LogP contribution < -0.4 is 18.9 Å². The van der Waals surface area contributed by atoms with Gasteiger partial charge in [0.2, 0.25) is 17.4 Å². The molecule has 0 saturated heterocycles. The Hall–Kier alpha value is -2.97. The van der Waals surface area contributed by atoms with Crippen molar-refractivity contribution in [2.75, 3.05) is 28.4 Å². The summed E-state index contributed by atoms with van der Waals surface area (Å²) >= 11 is 0. The van der Waals surface area contributed by atoms with Gasteiger partial charge >= 0.3 is 6.18 Å². The number of rotatable bonds is 7. The van der Waals surface area contributed by atoms with Gasteiger partial charge in [-0.15, -0.1) is 0 Å². The van der Waals surface area contributed by atoms with Crippen LogP contribution in [0.5, 0.6) is 23.1 Å². The highest BCUT2D eigenvalue weighted by Gasteiger charge is 2.41. The summed E-state index contributed by atoms with van der Waals surface area (Å²) in [6.07, 6.45) is -3.68. The molecule has 0 aliphatic heterocycles. The van der Waals surface area contributed by atoms with Gasteiger partial charge in [-0.05, 0) is 30.5 Å². The van der Waals surface area contributed by atoms with Crippen molar-refractivity contribution in [2.24, 2.45) is 0 Å². The SMILES string of the molecule is CCc1cnc(OC)c(C(=O)c2c(C)cc(OC)c(OC)c2OC)c1C(F)(F)F. The quantitative estimate of drug-likeness (QED) is 0.633. The van der Waals surface area contributed by atoms with Crippen molar-refractivity contribution in [3.8, 4) is 23.1 Å². The van der Waals surface area contributed by atoms with E-state index in [4.69, 9.17) is 18.9 Å². The first-order valence-corrected chi connectivity index (χ1v) is 8.63. The minimum Gasteiger partial charge on any atom is -0.493 e. The van der Waals surface area contributed by atoms with Gasteiger partial charge in [-0.2, -0.15) is 13.2 Å². The molecule has 0 saturated carbocycles. The van der Waals surface area contributed by atoms with Crippen LogP contribution in [0.3, 0.4) is 0 Å². The lowest BCUT2D eigenvalue weighted by Gasteiger charge is -2.21. The number of hydrogen-bond donors (Lipinski definition) is 0. The van der Waals surface area contributed by atoms with Gasteiger partial charge in [0.25, 0.3) is 0 Å². The lowest BCUT2D eigenvalue weighted by Crippen LogP contribution is -2.20. The van der Waals surface area contributed by atoms with E-state index in [1.807, 2.05) is 0 Å². The third kappa shape index (κ3) is 3.94. The molecule has 158 valence electrons. The molecular formula is C20H22F3NO5. The Labute approximate surface area is 166 Å². The predicted molar refractivity (Wildman–Crippen MR) is 99.4 cm³/mol. The highest BCUT2D eigenvalue weighted by Crippen LogP contribution is 2.45. The number of hydrogen-bond acceptors (Lipinski definition) is 6. The van der Waals surface area contributed by atoms with Crippen LogP contribution in [-0.4, -0.2) is 39.2 Å². The number of carbonyl (C=O) groups excluding carboxylic acids is 1. The summed E-state index contributed by atoms with van der Waals surface area (Å²) in [6, 6.07) is 1.49. The van der Waals surface area contributed by atoms with Crippen LogP contribution in [0.25, 0.3) is 0 Å². The first kappa shape index (κ1) is 22.3. The molecule has 0 aliphatic carbocycles. The largest absolute Gasteiger partial charge is 0.493 e. The Balaban J connectivity index is 2.93. The van der Waals surface area contributed by atoms with Gasteiger partial charge in [0.1, 0.15) is 0 Å². The number of alkyl halides is 3. The molecule has 0 unspecified atom stereocenters. The molecule has 29 heavy (non-hydrogen) atoms. The molecule has 2 aromatic rings. The van der Waals surface area contributed by atoms with E-state index in [-0.39, 0.29) is 34.8 Å². The van der Waals surface area contributed by atoms with E-state index in [1.54, 1.807) is 13.8 Å². The van der Waals surface area contributed by atoms with Crippen LogP contribution in [0, 0.1) is 6.92 Å². The Morgan fingerprint density at radius 1 is 1.00 bits per heavy atom. The van der Waals surface area contributed by atoms with E-state index in [0.29, 0.717) is 5.56 Å². The monoisotopic (exact) mass is 413 g/mol. The van der Waals surface area contributed by atoms with Crippen LogP contribution in [0.2, 0.25) is 0 Å². The van der Waals surface area contributed by atoms with Gasteiger partial charge in [-0.3, -0.25) is 4.79 Å². The van der Waals surface area contributed by atoms with E-state index in [9.17, 15) is 18.0 Å². The number of carbonyl (C=O) groups is 1. The van der Waals surface area contributed by atoms with E-state index in [2.05, 4.69) is 4.98 Å². The molecule has 0 bridgehead atoms. The number of ether oxygens (including phenoxy) is 4. The molecular weight excluding hydrogens is 391 g/mol. The lowest BCUT2D eigenvalue weighted by molar-refractivity contribution is -0.138. The van der Waals surface area contributed by atoms with Gasteiger partial charge in [-0.25, -0.2) is 4.98 Å².